The molecule has 18 heavy (non-hydrogen) atoms. The normalized spacial score (nSPS) is 14.6. The number of esters is 1. The van der Waals surface area contributed by atoms with Crippen LogP contribution < -0.4 is 0 Å². The number of carbonyl (C=O) groups is 1. The van der Waals surface area contributed by atoms with Gasteiger partial charge < -0.3 is 19.5 Å². The fourth-order valence-electron chi connectivity index (χ4n) is 1.70. The van der Waals surface area contributed by atoms with Crippen LogP contribution in [0.2, 0.25) is 0 Å². The Balaban J connectivity index is 3.72. The van der Waals surface area contributed by atoms with Gasteiger partial charge in [-0.15, -0.1) is 0 Å². The van der Waals surface area contributed by atoms with Crippen LogP contribution in [0.4, 0.5) is 0 Å². The highest BCUT2D eigenvalue weighted by Crippen LogP contribution is 2.02. The van der Waals surface area contributed by atoms with E-state index < -0.39 is 6.10 Å². The minimum Gasteiger partial charge on any atom is -0.469 e. The Kier molecular flexibility index (Phi) is 9.92. The van der Waals surface area contributed by atoms with E-state index in [0.29, 0.717) is 26.3 Å². The molecule has 0 saturated heterocycles. The van der Waals surface area contributed by atoms with Crippen molar-refractivity contribution in [2.24, 2.45) is 5.92 Å². The smallest absolute Gasteiger partial charge is 0.309 e. The molecule has 0 aliphatic rings. The SMILES string of the molecule is CCCCOCC(O)CN(C)CC(C)C(=O)OC. The molecule has 2 atom stereocenters. The van der Waals surface area contributed by atoms with E-state index in [2.05, 4.69) is 11.7 Å². The van der Waals surface area contributed by atoms with E-state index in [1.807, 2.05) is 18.9 Å². The molecule has 0 aromatic carbocycles. The number of aliphatic hydroxyl groups is 1. The zero-order valence-corrected chi connectivity index (χ0v) is 12.0. The van der Waals surface area contributed by atoms with Crippen LogP contribution in [-0.4, -0.2) is 62.5 Å². The maximum Gasteiger partial charge on any atom is 0.309 e. The first-order valence-corrected chi connectivity index (χ1v) is 6.53. The second-order valence-corrected chi connectivity index (χ2v) is 4.73. The highest BCUT2D eigenvalue weighted by Gasteiger charge is 2.17. The molecule has 0 amide bonds. The minimum absolute atomic E-state index is 0.187. The Bertz CT molecular complexity index is 223. The summed E-state index contributed by atoms with van der Waals surface area (Å²) in [5, 5.41) is 9.74. The topological polar surface area (TPSA) is 59.0 Å². The first-order chi connectivity index (χ1) is 8.51. The molecular formula is C13H27NO4. The predicted octanol–water partition coefficient (Wildman–Crippen LogP) is 0.905. The van der Waals surface area contributed by atoms with E-state index in [4.69, 9.17) is 4.74 Å². The van der Waals surface area contributed by atoms with E-state index in [1.165, 1.54) is 7.11 Å². The first-order valence-electron chi connectivity index (χ1n) is 6.53. The number of unbranched alkanes of at least 4 members (excludes halogenated alkanes) is 1. The van der Waals surface area contributed by atoms with Crippen LogP contribution in [0.5, 0.6) is 0 Å². The van der Waals surface area contributed by atoms with Gasteiger partial charge in [-0.2, -0.15) is 0 Å². The van der Waals surface area contributed by atoms with Gasteiger partial charge in [0.25, 0.3) is 0 Å². The number of likely N-dealkylation sites (N-methyl/N-ethyl adjacent to an activating group) is 1. The monoisotopic (exact) mass is 261 g/mol. The number of aliphatic hydroxyl groups excluding tert-OH is 1. The summed E-state index contributed by atoms with van der Waals surface area (Å²) < 4.78 is 10.00. The van der Waals surface area contributed by atoms with Crippen molar-refractivity contribution in [1.29, 1.82) is 0 Å². The molecule has 0 bridgehead atoms. The van der Waals surface area contributed by atoms with Gasteiger partial charge in [-0.25, -0.2) is 0 Å². The highest BCUT2D eigenvalue weighted by atomic mass is 16.5. The summed E-state index contributed by atoms with van der Waals surface area (Å²) in [6.07, 6.45) is 1.59. The van der Waals surface area contributed by atoms with Gasteiger partial charge in [0.2, 0.25) is 0 Å². The molecule has 5 heteroatoms. The van der Waals surface area contributed by atoms with Crippen molar-refractivity contribution in [3.8, 4) is 0 Å². The summed E-state index contributed by atoms with van der Waals surface area (Å²) in [5.74, 6) is -0.413. The number of hydrogen-bond donors (Lipinski definition) is 1. The average Bonchev–Trinajstić information content (AvgIpc) is 2.33. The maximum atomic E-state index is 11.2. The summed E-state index contributed by atoms with van der Waals surface area (Å²) in [4.78, 5) is 13.2. The van der Waals surface area contributed by atoms with Gasteiger partial charge >= 0.3 is 5.97 Å². The van der Waals surface area contributed by atoms with Gasteiger partial charge in [0.1, 0.15) is 0 Å². The molecule has 2 unspecified atom stereocenters. The summed E-state index contributed by atoms with van der Waals surface area (Å²) in [5.41, 5.74) is 0. The lowest BCUT2D eigenvalue weighted by atomic mass is 10.1. The maximum absolute atomic E-state index is 11.2. The van der Waals surface area contributed by atoms with Crippen LogP contribution in [-0.2, 0) is 14.3 Å². The van der Waals surface area contributed by atoms with E-state index >= 15 is 0 Å². The lowest BCUT2D eigenvalue weighted by Crippen LogP contribution is -2.36. The molecule has 5 nitrogen and oxygen atoms in total. The van der Waals surface area contributed by atoms with E-state index in [-0.39, 0.29) is 11.9 Å². The lowest BCUT2D eigenvalue weighted by Gasteiger charge is -2.22. The molecule has 0 fully saturated rings. The fourth-order valence-corrected chi connectivity index (χ4v) is 1.70. The molecule has 0 heterocycles. The number of hydrogen-bond acceptors (Lipinski definition) is 5. The van der Waals surface area contributed by atoms with Gasteiger partial charge in [0, 0.05) is 19.7 Å². The fraction of sp³-hybridized carbons (Fsp3) is 0.923. The van der Waals surface area contributed by atoms with Crippen LogP contribution >= 0.6 is 0 Å². The summed E-state index contributed by atoms with van der Waals surface area (Å²) in [6, 6.07) is 0. The Labute approximate surface area is 110 Å². The third kappa shape index (κ3) is 8.44. The molecule has 0 rings (SSSR count). The quantitative estimate of drug-likeness (QED) is 0.468. The van der Waals surface area contributed by atoms with Crippen molar-refractivity contribution in [3.05, 3.63) is 0 Å². The van der Waals surface area contributed by atoms with Crippen molar-refractivity contribution < 1.29 is 19.4 Å². The Hall–Kier alpha value is -0.650. The minimum atomic E-state index is -0.517. The van der Waals surface area contributed by atoms with E-state index in [9.17, 15) is 9.90 Å². The van der Waals surface area contributed by atoms with Crippen LogP contribution in [0.1, 0.15) is 26.7 Å². The second kappa shape index (κ2) is 10.3. The van der Waals surface area contributed by atoms with Crippen molar-refractivity contribution in [3.63, 3.8) is 0 Å². The lowest BCUT2D eigenvalue weighted by molar-refractivity contribution is -0.145. The van der Waals surface area contributed by atoms with Gasteiger partial charge in [-0.05, 0) is 13.5 Å². The molecule has 0 aromatic rings. The standard InChI is InChI=1S/C13H27NO4/c1-5-6-7-18-10-12(15)9-14(3)8-11(2)13(16)17-4/h11-12,15H,5-10H2,1-4H3. The number of methoxy groups -OCH3 is 1. The third-order valence-corrected chi connectivity index (χ3v) is 2.66. The number of rotatable bonds is 10. The largest absolute Gasteiger partial charge is 0.469 e. The van der Waals surface area contributed by atoms with Crippen molar-refractivity contribution in [2.75, 3.05) is 40.5 Å². The van der Waals surface area contributed by atoms with Gasteiger partial charge in [0.15, 0.2) is 0 Å². The van der Waals surface area contributed by atoms with Gasteiger partial charge in [0.05, 0.1) is 25.7 Å². The summed E-state index contributed by atoms with van der Waals surface area (Å²) >= 11 is 0. The number of nitrogens with zero attached hydrogens (tertiary/aromatic N) is 1. The van der Waals surface area contributed by atoms with Crippen LogP contribution in [0.25, 0.3) is 0 Å². The van der Waals surface area contributed by atoms with Gasteiger partial charge in [-0.3, -0.25) is 4.79 Å². The molecular weight excluding hydrogens is 234 g/mol. The molecule has 0 saturated carbocycles. The third-order valence-electron chi connectivity index (χ3n) is 2.66. The molecule has 0 aliphatic heterocycles. The number of ether oxygens (including phenoxy) is 2. The van der Waals surface area contributed by atoms with E-state index in [0.717, 1.165) is 12.8 Å². The molecule has 0 aromatic heterocycles. The summed E-state index contributed by atoms with van der Waals surface area (Å²) in [6.45, 7) is 6.01. The average molecular weight is 261 g/mol. The Morgan fingerprint density at radius 2 is 2.06 bits per heavy atom. The molecule has 0 spiro atoms. The van der Waals surface area contributed by atoms with Crippen LogP contribution in [0.15, 0.2) is 0 Å². The molecule has 0 aliphatic carbocycles. The van der Waals surface area contributed by atoms with Crippen molar-refractivity contribution >= 4 is 5.97 Å². The van der Waals surface area contributed by atoms with Crippen LogP contribution in [0.3, 0.4) is 0 Å². The molecule has 1 N–H and O–H groups in total. The first kappa shape index (κ1) is 17.4. The Morgan fingerprint density at radius 3 is 2.61 bits per heavy atom. The van der Waals surface area contributed by atoms with Gasteiger partial charge in [-0.1, -0.05) is 20.3 Å². The van der Waals surface area contributed by atoms with Crippen molar-refractivity contribution in [1.82, 2.24) is 4.90 Å². The summed E-state index contributed by atoms with van der Waals surface area (Å²) in [7, 11) is 3.25. The Morgan fingerprint density at radius 1 is 1.39 bits per heavy atom. The predicted molar refractivity (Wildman–Crippen MR) is 70.4 cm³/mol. The molecule has 108 valence electrons. The van der Waals surface area contributed by atoms with E-state index in [1.54, 1.807) is 0 Å². The molecule has 0 radical (unpaired) electrons. The van der Waals surface area contributed by atoms with Crippen LogP contribution in [0, 0.1) is 5.92 Å². The van der Waals surface area contributed by atoms with Crippen molar-refractivity contribution in [2.45, 2.75) is 32.8 Å². The zero-order valence-electron chi connectivity index (χ0n) is 12.0. The zero-order chi connectivity index (χ0) is 14.0. The second-order valence-electron chi connectivity index (χ2n) is 4.73. The number of carbonyl (C=O) groups excluding carboxylic acids is 1. The highest BCUT2D eigenvalue weighted by molar-refractivity contribution is 5.71.